The van der Waals surface area contributed by atoms with Crippen LogP contribution in [0.1, 0.15) is 31.0 Å². The maximum atomic E-state index is 12.8. The van der Waals surface area contributed by atoms with E-state index in [1.807, 2.05) is 31.2 Å². The molecule has 1 aliphatic heterocycles. The number of carbonyl (C=O) groups excluding carboxylic acids is 3. The summed E-state index contributed by atoms with van der Waals surface area (Å²) in [6.07, 6.45) is 0. The molecule has 28 heavy (non-hydrogen) atoms. The van der Waals surface area contributed by atoms with Gasteiger partial charge in [-0.15, -0.1) is 0 Å². The van der Waals surface area contributed by atoms with E-state index < -0.39 is 23.4 Å². The van der Waals surface area contributed by atoms with Crippen LogP contribution in [0.2, 0.25) is 5.02 Å². The van der Waals surface area contributed by atoms with E-state index in [1.54, 1.807) is 42.6 Å². The maximum absolute atomic E-state index is 12.8. The van der Waals surface area contributed by atoms with Crippen LogP contribution < -0.4 is 16.1 Å². The third-order valence-electron chi connectivity index (χ3n) is 4.81. The number of benzene rings is 2. The first-order valence-electron chi connectivity index (χ1n) is 8.92. The molecule has 2 aromatic carbocycles. The minimum absolute atomic E-state index is 0.0119. The van der Waals surface area contributed by atoms with Gasteiger partial charge in [-0.1, -0.05) is 54.1 Å². The zero-order valence-electron chi connectivity index (χ0n) is 15.6. The summed E-state index contributed by atoms with van der Waals surface area (Å²) in [5.41, 5.74) is 2.80. The molecule has 4 amide bonds. The van der Waals surface area contributed by atoms with Crippen molar-refractivity contribution in [1.29, 1.82) is 0 Å². The van der Waals surface area contributed by atoms with E-state index in [2.05, 4.69) is 10.7 Å². The third-order valence-corrected chi connectivity index (χ3v) is 5.04. The lowest BCUT2D eigenvalue weighted by Gasteiger charge is -2.22. The molecular weight excluding hydrogens is 380 g/mol. The molecule has 0 spiro atoms. The van der Waals surface area contributed by atoms with Crippen molar-refractivity contribution in [2.75, 3.05) is 6.54 Å². The van der Waals surface area contributed by atoms with Gasteiger partial charge < -0.3 is 10.6 Å². The minimum atomic E-state index is -1.22. The average Bonchev–Trinajstić information content (AvgIpc) is 2.91. The molecule has 8 heteroatoms. The zero-order valence-corrected chi connectivity index (χ0v) is 16.4. The highest BCUT2D eigenvalue weighted by Gasteiger charge is 2.50. The van der Waals surface area contributed by atoms with E-state index in [0.717, 1.165) is 10.6 Å². The van der Waals surface area contributed by atoms with E-state index in [9.17, 15) is 14.4 Å². The number of halogens is 1. The molecule has 0 aliphatic carbocycles. The van der Waals surface area contributed by atoms with Crippen LogP contribution in [0.4, 0.5) is 4.79 Å². The van der Waals surface area contributed by atoms with Crippen LogP contribution >= 0.6 is 11.6 Å². The van der Waals surface area contributed by atoms with Gasteiger partial charge in [-0.05, 0) is 31.5 Å². The lowest BCUT2D eigenvalue weighted by atomic mass is 9.92. The second kappa shape index (κ2) is 8.00. The van der Waals surface area contributed by atoms with Crippen LogP contribution in [0, 0.1) is 0 Å². The molecule has 0 bridgehead atoms. The van der Waals surface area contributed by atoms with Gasteiger partial charge in [-0.25, -0.2) is 4.79 Å². The minimum Gasteiger partial charge on any atom is -0.332 e. The number of urea groups is 1. The van der Waals surface area contributed by atoms with Crippen molar-refractivity contribution in [3.8, 4) is 0 Å². The Hall–Kier alpha value is -2.90. The Labute approximate surface area is 168 Å². The van der Waals surface area contributed by atoms with Crippen LogP contribution in [0.15, 0.2) is 54.6 Å². The quantitative estimate of drug-likeness (QED) is 0.639. The third kappa shape index (κ3) is 4.00. The van der Waals surface area contributed by atoms with Gasteiger partial charge in [0.15, 0.2) is 6.54 Å². The first kappa shape index (κ1) is 19.9. The van der Waals surface area contributed by atoms with Crippen molar-refractivity contribution >= 4 is 29.4 Å². The summed E-state index contributed by atoms with van der Waals surface area (Å²) in [4.78, 5) is 37.3. The summed E-state index contributed by atoms with van der Waals surface area (Å²) in [5, 5.41) is 5.82. The molecule has 1 saturated heterocycles. The Balaban J connectivity index is 1.61. The van der Waals surface area contributed by atoms with Crippen molar-refractivity contribution < 1.29 is 19.7 Å². The molecule has 0 saturated carbocycles. The molecule has 4 N–H and O–H groups in total. The predicted octanol–water partition coefficient (Wildman–Crippen LogP) is 1.46. The van der Waals surface area contributed by atoms with E-state index in [4.69, 9.17) is 11.6 Å². The van der Waals surface area contributed by atoms with Crippen molar-refractivity contribution in [1.82, 2.24) is 15.8 Å². The highest BCUT2D eigenvalue weighted by atomic mass is 35.5. The Morgan fingerprint density at radius 2 is 1.93 bits per heavy atom. The lowest BCUT2D eigenvalue weighted by Crippen LogP contribution is -2.87. The highest BCUT2D eigenvalue weighted by molar-refractivity contribution is 6.30. The zero-order chi connectivity index (χ0) is 20.3. The number of hydrogen-bond acceptors (Lipinski definition) is 3. The molecule has 2 aromatic rings. The fraction of sp³-hybridized carbons (Fsp3) is 0.250. The molecule has 146 valence electrons. The number of nitrogens with zero attached hydrogens (tertiary/aromatic N) is 1. The molecule has 0 unspecified atom stereocenters. The number of hydrazine groups is 1. The monoisotopic (exact) mass is 401 g/mol. The predicted molar refractivity (Wildman–Crippen MR) is 104 cm³/mol. The Morgan fingerprint density at radius 3 is 2.61 bits per heavy atom. The van der Waals surface area contributed by atoms with Gasteiger partial charge in [0.05, 0.1) is 0 Å². The van der Waals surface area contributed by atoms with E-state index in [1.165, 1.54) is 0 Å². The average molecular weight is 402 g/mol. The molecule has 0 radical (unpaired) electrons. The number of carbonyl (C=O) groups is 3. The molecular formula is C20H22ClN4O3+. The lowest BCUT2D eigenvalue weighted by molar-refractivity contribution is -0.682. The first-order chi connectivity index (χ1) is 13.3. The van der Waals surface area contributed by atoms with Crippen LogP contribution in [-0.4, -0.2) is 29.4 Å². The van der Waals surface area contributed by atoms with Crippen molar-refractivity contribution in [2.24, 2.45) is 0 Å². The van der Waals surface area contributed by atoms with Gasteiger partial charge >= 0.3 is 6.03 Å². The molecule has 1 heterocycles. The van der Waals surface area contributed by atoms with Crippen LogP contribution in [0.3, 0.4) is 0 Å². The molecule has 1 aliphatic rings. The van der Waals surface area contributed by atoms with Crippen molar-refractivity contribution in [3.05, 3.63) is 70.7 Å². The molecule has 2 atom stereocenters. The summed E-state index contributed by atoms with van der Waals surface area (Å²) in [6.45, 7) is 3.61. The number of imide groups is 1. The van der Waals surface area contributed by atoms with Crippen molar-refractivity contribution in [3.63, 3.8) is 0 Å². The van der Waals surface area contributed by atoms with E-state index >= 15 is 0 Å². The Bertz CT molecular complexity index is 905. The summed E-state index contributed by atoms with van der Waals surface area (Å²) in [5.74, 6) is -0.977. The fourth-order valence-electron chi connectivity index (χ4n) is 3.09. The number of hydrogen-bond donors (Lipinski definition) is 3. The standard InChI is InChI=1S/C20H21ClN4O3/c1-13(14-7-6-10-16(21)11-14)22-12-17(26)24-25-18(27)20(2,23-19(25)28)15-8-4-3-5-9-15/h3-11,13,22H,12H2,1-2H3,(H,23,28)(H,24,26)/p+1/t13-,20-/m0/s1. The summed E-state index contributed by atoms with van der Waals surface area (Å²) >= 11 is 5.99. The molecule has 0 aromatic heterocycles. The van der Waals surface area contributed by atoms with E-state index in [-0.39, 0.29) is 12.6 Å². The first-order valence-corrected chi connectivity index (χ1v) is 9.29. The summed E-state index contributed by atoms with van der Waals surface area (Å²) in [7, 11) is 0. The SMILES string of the molecule is C[C@H]([NH2+]CC(=O)NN1C(=O)N[C@@](C)(c2ccccc2)C1=O)c1cccc(Cl)c1. The summed E-state index contributed by atoms with van der Waals surface area (Å²) < 4.78 is 0. The van der Waals surface area contributed by atoms with Crippen LogP contribution in [-0.2, 0) is 15.1 Å². The molecule has 7 nitrogen and oxygen atoms in total. The summed E-state index contributed by atoms with van der Waals surface area (Å²) in [6, 6.07) is 15.6. The van der Waals surface area contributed by atoms with Gasteiger partial charge in [0.25, 0.3) is 11.8 Å². The van der Waals surface area contributed by atoms with Gasteiger partial charge in [-0.3, -0.25) is 15.0 Å². The smallest absolute Gasteiger partial charge is 0.332 e. The number of amides is 4. The van der Waals surface area contributed by atoms with Gasteiger partial charge in [0.1, 0.15) is 11.6 Å². The second-order valence-electron chi connectivity index (χ2n) is 6.88. The van der Waals surface area contributed by atoms with Crippen LogP contribution in [0.25, 0.3) is 0 Å². The number of rotatable bonds is 6. The van der Waals surface area contributed by atoms with Crippen LogP contribution in [0.5, 0.6) is 0 Å². The van der Waals surface area contributed by atoms with Gasteiger partial charge in [0.2, 0.25) is 0 Å². The topological polar surface area (TPSA) is 95.1 Å². The normalized spacial score (nSPS) is 20.0. The molecule has 1 fully saturated rings. The number of nitrogens with two attached hydrogens (primary N) is 1. The number of quaternary nitrogens is 1. The second-order valence-corrected chi connectivity index (χ2v) is 7.32. The Kier molecular flexibility index (Phi) is 5.67. The van der Waals surface area contributed by atoms with Gasteiger partial charge in [-0.2, -0.15) is 5.01 Å². The van der Waals surface area contributed by atoms with E-state index in [0.29, 0.717) is 10.6 Å². The fourth-order valence-corrected chi connectivity index (χ4v) is 3.29. The Morgan fingerprint density at radius 1 is 1.21 bits per heavy atom. The van der Waals surface area contributed by atoms with Gasteiger partial charge in [0, 0.05) is 10.6 Å². The molecule has 3 rings (SSSR count). The maximum Gasteiger partial charge on any atom is 0.344 e. The van der Waals surface area contributed by atoms with Crippen molar-refractivity contribution in [2.45, 2.75) is 25.4 Å². The number of nitrogens with one attached hydrogen (secondary N) is 2. The largest absolute Gasteiger partial charge is 0.344 e. The highest BCUT2D eigenvalue weighted by Crippen LogP contribution is 2.27.